The summed E-state index contributed by atoms with van der Waals surface area (Å²) in [5.74, 6) is -0.602. The van der Waals surface area contributed by atoms with Gasteiger partial charge in [-0.15, -0.1) is 0 Å². The molecule has 0 fully saturated rings. The van der Waals surface area contributed by atoms with Crippen molar-refractivity contribution in [2.75, 3.05) is 11.9 Å². The summed E-state index contributed by atoms with van der Waals surface area (Å²) in [6.45, 7) is 3.19. The molecule has 0 aromatic carbocycles. The van der Waals surface area contributed by atoms with Crippen molar-refractivity contribution in [1.82, 2.24) is 14.8 Å². The molecule has 6 nitrogen and oxygen atoms in total. The molecule has 0 aliphatic heterocycles. The molecule has 0 amide bonds. The topological polar surface area (TPSA) is 80.0 Å². The highest BCUT2D eigenvalue weighted by molar-refractivity contribution is 5.92. The van der Waals surface area contributed by atoms with E-state index in [1.165, 1.54) is 6.07 Å². The van der Waals surface area contributed by atoms with Crippen molar-refractivity contribution in [1.29, 1.82) is 0 Å². The summed E-state index contributed by atoms with van der Waals surface area (Å²) < 4.78 is 1.80. The number of hydrogen-bond acceptors (Lipinski definition) is 4. The average Bonchev–Trinajstić information content (AvgIpc) is 2.75. The number of aryl methyl sites for hydroxylation is 1. The predicted octanol–water partition coefficient (Wildman–Crippen LogP) is 1.40. The van der Waals surface area contributed by atoms with Gasteiger partial charge in [0.1, 0.15) is 11.4 Å². The molecule has 0 saturated heterocycles. The zero-order valence-electron chi connectivity index (χ0n) is 10.00. The van der Waals surface area contributed by atoms with Crippen molar-refractivity contribution in [3.05, 3.63) is 41.9 Å². The summed E-state index contributed by atoms with van der Waals surface area (Å²) in [5.41, 5.74) is 1.27. The lowest BCUT2D eigenvalue weighted by molar-refractivity contribution is 0.0697. The maximum atomic E-state index is 11.0. The standard InChI is InChI=1S/C12H14N4O2/c1-9-7-15-16(8-9)6-5-14-11-10(12(17)18)3-2-4-13-11/h2-4,7-8H,5-6H2,1H3,(H,13,14)(H,17,18). The first-order valence-corrected chi connectivity index (χ1v) is 5.58. The molecule has 94 valence electrons. The molecule has 0 saturated carbocycles. The Morgan fingerprint density at radius 3 is 3.06 bits per heavy atom. The quantitative estimate of drug-likeness (QED) is 0.833. The number of carboxylic acids is 1. The van der Waals surface area contributed by atoms with Crippen LogP contribution < -0.4 is 5.32 Å². The Labute approximate surface area is 104 Å². The highest BCUT2D eigenvalue weighted by Gasteiger charge is 2.09. The van der Waals surface area contributed by atoms with E-state index in [2.05, 4.69) is 15.4 Å². The van der Waals surface area contributed by atoms with Crippen molar-refractivity contribution >= 4 is 11.8 Å². The van der Waals surface area contributed by atoms with Gasteiger partial charge in [-0.1, -0.05) is 0 Å². The average molecular weight is 246 g/mol. The molecule has 0 atom stereocenters. The zero-order valence-corrected chi connectivity index (χ0v) is 10.00. The van der Waals surface area contributed by atoms with Crippen LogP contribution in [0.5, 0.6) is 0 Å². The molecule has 0 unspecified atom stereocenters. The van der Waals surface area contributed by atoms with Crippen LogP contribution in [-0.4, -0.2) is 32.4 Å². The van der Waals surface area contributed by atoms with E-state index in [4.69, 9.17) is 5.11 Å². The van der Waals surface area contributed by atoms with Crippen molar-refractivity contribution < 1.29 is 9.90 Å². The van der Waals surface area contributed by atoms with E-state index >= 15 is 0 Å². The number of aromatic carboxylic acids is 1. The Bertz CT molecular complexity index is 551. The number of rotatable bonds is 5. The number of nitrogens with zero attached hydrogens (tertiary/aromatic N) is 3. The summed E-state index contributed by atoms with van der Waals surface area (Å²) in [5, 5.41) is 16.1. The number of carboxylic acid groups (broad SMARTS) is 1. The van der Waals surface area contributed by atoms with Gasteiger partial charge >= 0.3 is 5.97 Å². The molecule has 0 spiro atoms. The number of anilines is 1. The van der Waals surface area contributed by atoms with Crippen molar-refractivity contribution in [3.8, 4) is 0 Å². The van der Waals surface area contributed by atoms with Gasteiger partial charge in [-0.2, -0.15) is 5.10 Å². The molecule has 2 aromatic heterocycles. The van der Waals surface area contributed by atoms with Crippen molar-refractivity contribution in [2.45, 2.75) is 13.5 Å². The maximum absolute atomic E-state index is 11.0. The van der Waals surface area contributed by atoms with E-state index in [1.54, 1.807) is 23.1 Å². The molecule has 0 radical (unpaired) electrons. The minimum Gasteiger partial charge on any atom is -0.478 e. The molecular formula is C12H14N4O2. The largest absolute Gasteiger partial charge is 0.478 e. The monoisotopic (exact) mass is 246 g/mol. The molecule has 18 heavy (non-hydrogen) atoms. The normalized spacial score (nSPS) is 10.3. The van der Waals surface area contributed by atoms with Crippen molar-refractivity contribution in [3.63, 3.8) is 0 Å². The first-order valence-electron chi connectivity index (χ1n) is 5.58. The van der Waals surface area contributed by atoms with E-state index in [9.17, 15) is 4.79 Å². The van der Waals surface area contributed by atoms with E-state index < -0.39 is 5.97 Å². The zero-order chi connectivity index (χ0) is 13.0. The fraction of sp³-hybridized carbons (Fsp3) is 0.250. The van der Waals surface area contributed by atoms with Gasteiger partial charge in [-0.25, -0.2) is 9.78 Å². The molecule has 2 aromatic rings. The lowest BCUT2D eigenvalue weighted by Crippen LogP contribution is -2.14. The van der Waals surface area contributed by atoms with Crippen LogP contribution in [0.3, 0.4) is 0 Å². The fourth-order valence-electron chi connectivity index (χ4n) is 1.60. The van der Waals surface area contributed by atoms with Crippen LogP contribution in [0.4, 0.5) is 5.82 Å². The summed E-state index contributed by atoms with van der Waals surface area (Å²) >= 11 is 0. The van der Waals surface area contributed by atoms with E-state index in [1.807, 2.05) is 13.1 Å². The molecule has 2 rings (SSSR count). The molecule has 0 bridgehead atoms. The number of carbonyl (C=O) groups is 1. The Hall–Kier alpha value is -2.37. The smallest absolute Gasteiger partial charge is 0.339 e. The highest BCUT2D eigenvalue weighted by atomic mass is 16.4. The SMILES string of the molecule is Cc1cnn(CCNc2ncccc2C(=O)O)c1. The van der Waals surface area contributed by atoms with Gasteiger partial charge in [-0.05, 0) is 24.6 Å². The minimum atomic E-state index is -0.986. The van der Waals surface area contributed by atoms with Gasteiger partial charge < -0.3 is 10.4 Å². The Balaban J connectivity index is 1.96. The number of nitrogens with one attached hydrogen (secondary N) is 1. The van der Waals surface area contributed by atoms with Crippen LogP contribution in [0.15, 0.2) is 30.7 Å². The van der Waals surface area contributed by atoms with Crippen LogP contribution in [0.25, 0.3) is 0 Å². The highest BCUT2D eigenvalue weighted by Crippen LogP contribution is 2.10. The Kier molecular flexibility index (Phi) is 3.57. The Morgan fingerprint density at radius 2 is 2.39 bits per heavy atom. The molecule has 0 aliphatic carbocycles. The van der Waals surface area contributed by atoms with Gasteiger partial charge in [-0.3, -0.25) is 4.68 Å². The third-order valence-corrected chi connectivity index (χ3v) is 2.43. The van der Waals surface area contributed by atoms with Crippen LogP contribution >= 0.6 is 0 Å². The number of hydrogen-bond donors (Lipinski definition) is 2. The second kappa shape index (κ2) is 5.31. The van der Waals surface area contributed by atoms with Gasteiger partial charge in [0.2, 0.25) is 0 Å². The van der Waals surface area contributed by atoms with Gasteiger partial charge in [0.25, 0.3) is 0 Å². The third-order valence-electron chi connectivity index (χ3n) is 2.43. The second-order valence-electron chi connectivity index (χ2n) is 3.91. The number of pyridine rings is 1. The second-order valence-corrected chi connectivity index (χ2v) is 3.91. The first-order chi connectivity index (χ1) is 8.66. The van der Waals surface area contributed by atoms with Gasteiger partial charge in [0, 0.05) is 18.9 Å². The molecule has 0 aliphatic rings. The summed E-state index contributed by atoms with van der Waals surface area (Å²) in [6.07, 6.45) is 5.27. The lowest BCUT2D eigenvalue weighted by atomic mass is 10.2. The van der Waals surface area contributed by atoms with Crippen LogP contribution in [0.1, 0.15) is 15.9 Å². The maximum Gasteiger partial charge on any atom is 0.339 e. The molecule has 2 heterocycles. The van der Waals surface area contributed by atoms with Gasteiger partial charge in [0.15, 0.2) is 0 Å². The lowest BCUT2D eigenvalue weighted by Gasteiger charge is -2.08. The van der Waals surface area contributed by atoms with E-state index in [0.29, 0.717) is 18.9 Å². The molecular weight excluding hydrogens is 232 g/mol. The molecule has 2 N–H and O–H groups in total. The molecule has 6 heteroatoms. The minimum absolute atomic E-state index is 0.175. The van der Waals surface area contributed by atoms with Crippen LogP contribution in [0.2, 0.25) is 0 Å². The van der Waals surface area contributed by atoms with Gasteiger partial charge in [0.05, 0.1) is 12.7 Å². The van der Waals surface area contributed by atoms with E-state index in [-0.39, 0.29) is 5.56 Å². The Morgan fingerprint density at radius 1 is 1.56 bits per heavy atom. The van der Waals surface area contributed by atoms with E-state index in [0.717, 1.165) is 5.56 Å². The predicted molar refractivity (Wildman–Crippen MR) is 66.7 cm³/mol. The van der Waals surface area contributed by atoms with Crippen LogP contribution in [-0.2, 0) is 6.54 Å². The number of aromatic nitrogens is 3. The fourth-order valence-corrected chi connectivity index (χ4v) is 1.60. The summed E-state index contributed by atoms with van der Waals surface area (Å²) in [7, 11) is 0. The first kappa shape index (κ1) is 12.1. The van der Waals surface area contributed by atoms with Crippen molar-refractivity contribution in [2.24, 2.45) is 0 Å². The third kappa shape index (κ3) is 2.85. The summed E-state index contributed by atoms with van der Waals surface area (Å²) in [4.78, 5) is 15.0. The summed E-state index contributed by atoms with van der Waals surface area (Å²) in [6, 6.07) is 3.13. The van der Waals surface area contributed by atoms with Crippen LogP contribution in [0, 0.1) is 6.92 Å².